The van der Waals surface area contributed by atoms with Crippen molar-refractivity contribution in [2.45, 2.75) is 19.3 Å². The highest BCUT2D eigenvalue weighted by Crippen LogP contribution is 2.50. The quantitative estimate of drug-likeness (QED) is 0.758. The standard InChI is InChI=1S/C19H24N4O2/c1-4-23(8-7-21-19(24)25-3)12-13-9-15(13)17-11-22-18-6-5-14(20-2)10-16(17)18/h5-6,10-11,13,15,22H,4,7-9,12H2,1,3H3,(H,21,24). The van der Waals surface area contributed by atoms with E-state index in [-0.39, 0.29) is 6.09 Å². The molecule has 2 unspecified atom stereocenters. The molecular formula is C19H24N4O2. The Kier molecular flexibility index (Phi) is 5.25. The molecule has 25 heavy (non-hydrogen) atoms. The third kappa shape index (κ3) is 3.94. The summed E-state index contributed by atoms with van der Waals surface area (Å²) in [4.78, 5) is 20.3. The van der Waals surface area contributed by atoms with Crippen LogP contribution < -0.4 is 5.32 Å². The van der Waals surface area contributed by atoms with Crippen molar-refractivity contribution >= 4 is 22.7 Å². The van der Waals surface area contributed by atoms with E-state index in [1.165, 1.54) is 24.5 Å². The zero-order chi connectivity index (χ0) is 17.8. The highest BCUT2D eigenvalue weighted by molar-refractivity contribution is 5.87. The lowest BCUT2D eigenvalue weighted by molar-refractivity contribution is 0.168. The Morgan fingerprint density at radius 3 is 3.08 bits per heavy atom. The minimum absolute atomic E-state index is 0.380. The minimum Gasteiger partial charge on any atom is -0.453 e. The van der Waals surface area contributed by atoms with Crippen molar-refractivity contribution in [2.24, 2.45) is 5.92 Å². The number of ether oxygens (including phenoxy) is 1. The summed E-state index contributed by atoms with van der Waals surface area (Å²) in [6, 6.07) is 5.83. The number of fused-ring (bicyclic) bond motifs is 1. The van der Waals surface area contributed by atoms with E-state index in [0.29, 0.717) is 24.1 Å². The fraction of sp³-hybridized carbons (Fsp3) is 0.474. The van der Waals surface area contributed by atoms with Crippen molar-refractivity contribution in [3.63, 3.8) is 0 Å². The second-order valence-electron chi connectivity index (χ2n) is 6.50. The van der Waals surface area contributed by atoms with E-state index >= 15 is 0 Å². The van der Waals surface area contributed by atoms with Crippen LogP contribution in [0.4, 0.5) is 10.5 Å². The number of aromatic amines is 1. The molecule has 0 spiro atoms. The second kappa shape index (κ2) is 7.58. The average molecular weight is 340 g/mol. The van der Waals surface area contributed by atoms with Crippen LogP contribution in [0.15, 0.2) is 24.4 Å². The maximum Gasteiger partial charge on any atom is 0.406 e. The third-order valence-electron chi connectivity index (χ3n) is 4.97. The molecule has 0 saturated heterocycles. The SMILES string of the molecule is [C-]#[N+]c1ccc2[nH]cc(C3CC3CN(CC)CCNC(=O)OC)c2c1. The molecule has 1 heterocycles. The van der Waals surface area contributed by atoms with Crippen LogP contribution in [0.3, 0.4) is 0 Å². The molecule has 1 fully saturated rings. The van der Waals surface area contributed by atoms with Gasteiger partial charge in [0, 0.05) is 31.3 Å². The van der Waals surface area contributed by atoms with Gasteiger partial charge in [-0.15, -0.1) is 0 Å². The molecule has 1 aliphatic carbocycles. The van der Waals surface area contributed by atoms with Crippen LogP contribution in [0.2, 0.25) is 0 Å². The molecule has 1 aliphatic rings. The lowest BCUT2D eigenvalue weighted by Gasteiger charge is -2.20. The first-order valence-corrected chi connectivity index (χ1v) is 8.69. The molecule has 132 valence electrons. The molecule has 0 aliphatic heterocycles. The second-order valence-corrected chi connectivity index (χ2v) is 6.50. The number of aromatic nitrogens is 1. The summed E-state index contributed by atoms with van der Waals surface area (Å²) in [5.74, 6) is 1.19. The number of H-pyrrole nitrogens is 1. The zero-order valence-corrected chi connectivity index (χ0v) is 14.7. The Bertz CT molecular complexity index is 792. The Hall–Kier alpha value is -2.52. The van der Waals surface area contributed by atoms with E-state index in [0.717, 1.165) is 25.2 Å². The van der Waals surface area contributed by atoms with Gasteiger partial charge in [0.1, 0.15) is 0 Å². The number of nitrogens with zero attached hydrogens (tertiary/aromatic N) is 2. The fourth-order valence-electron chi connectivity index (χ4n) is 3.44. The number of carbonyl (C=O) groups is 1. The first kappa shape index (κ1) is 17.3. The van der Waals surface area contributed by atoms with Crippen molar-refractivity contribution in [3.05, 3.63) is 41.4 Å². The van der Waals surface area contributed by atoms with Crippen LogP contribution in [0.5, 0.6) is 0 Å². The van der Waals surface area contributed by atoms with Gasteiger partial charge in [-0.3, -0.25) is 0 Å². The molecule has 0 radical (unpaired) electrons. The summed E-state index contributed by atoms with van der Waals surface area (Å²) in [5.41, 5.74) is 3.12. The van der Waals surface area contributed by atoms with E-state index in [1.54, 1.807) is 0 Å². The van der Waals surface area contributed by atoms with E-state index < -0.39 is 0 Å². The van der Waals surface area contributed by atoms with Gasteiger partial charge in [-0.05, 0) is 47.9 Å². The predicted octanol–water partition coefficient (Wildman–Crippen LogP) is 3.50. The zero-order valence-electron chi connectivity index (χ0n) is 14.7. The summed E-state index contributed by atoms with van der Waals surface area (Å²) in [6.07, 6.45) is 2.89. The summed E-state index contributed by atoms with van der Waals surface area (Å²) in [5, 5.41) is 3.91. The van der Waals surface area contributed by atoms with Crippen LogP contribution >= 0.6 is 0 Å². The lowest BCUT2D eigenvalue weighted by Crippen LogP contribution is -2.36. The number of hydrogen-bond donors (Lipinski definition) is 2. The normalized spacial score (nSPS) is 19.0. The predicted molar refractivity (Wildman–Crippen MR) is 97.9 cm³/mol. The van der Waals surface area contributed by atoms with Crippen molar-refractivity contribution in [1.29, 1.82) is 0 Å². The molecule has 6 heteroatoms. The highest BCUT2D eigenvalue weighted by Gasteiger charge is 2.40. The lowest BCUT2D eigenvalue weighted by atomic mass is 10.1. The first-order chi connectivity index (χ1) is 12.2. The number of alkyl carbamates (subject to hydrolysis) is 1. The smallest absolute Gasteiger partial charge is 0.406 e. The van der Waals surface area contributed by atoms with E-state index in [9.17, 15) is 4.79 Å². The Labute approximate surface area is 148 Å². The number of nitrogens with one attached hydrogen (secondary N) is 2. The topological polar surface area (TPSA) is 61.7 Å². The number of hydrogen-bond acceptors (Lipinski definition) is 3. The van der Waals surface area contributed by atoms with Crippen molar-refractivity contribution in [2.75, 3.05) is 33.3 Å². The van der Waals surface area contributed by atoms with Crippen LogP contribution in [0, 0.1) is 12.5 Å². The molecule has 3 rings (SSSR count). The van der Waals surface area contributed by atoms with E-state index in [4.69, 9.17) is 6.57 Å². The van der Waals surface area contributed by atoms with Gasteiger partial charge in [0.15, 0.2) is 5.69 Å². The summed E-state index contributed by atoms with van der Waals surface area (Å²) in [7, 11) is 1.38. The van der Waals surface area contributed by atoms with Crippen LogP contribution in [0.25, 0.3) is 15.7 Å². The molecule has 1 amide bonds. The van der Waals surface area contributed by atoms with Crippen molar-refractivity contribution in [1.82, 2.24) is 15.2 Å². The van der Waals surface area contributed by atoms with Gasteiger partial charge in [0.2, 0.25) is 0 Å². The van der Waals surface area contributed by atoms with Gasteiger partial charge in [-0.1, -0.05) is 13.0 Å². The average Bonchev–Trinajstić information content (AvgIpc) is 3.27. The molecule has 1 aromatic carbocycles. The number of carbonyl (C=O) groups excluding carboxylic acids is 1. The van der Waals surface area contributed by atoms with E-state index in [1.807, 2.05) is 18.2 Å². The first-order valence-electron chi connectivity index (χ1n) is 8.69. The third-order valence-corrected chi connectivity index (χ3v) is 4.97. The van der Waals surface area contributed by atoms with Gasteiger partial charge in [-0.25, -0.2) is 9.64 Å². The number of likely N-dealkylation sites (N-methyl/N-ethyl adjacent to an activating group) is 1. The number of rotatable bonds is 7. The summed E-state index contributed by atoms with van der Waals surface area (Å²) >= 11 is 0. The van der Waals surface area contributed by atoms with Crippen LogP contribution in [0.1, 0.15) is 24.8 Å². The molecular weight excluding hydrogens is 316 g/mol. The molecule has 2 atom stereocenters. The monoisotopic (exact) mass is 340 g/mol. The van der Waals surface area contributed by atoms with Gasteiger partial charge in [-0.2, -0.15) is 0 Å². The Morgan fingerprint density at radius 1 is 1.52 bits per heavy atom. The molecule has 2 N–H and O–H groups in total. The number of methoxy groups -OCH3 is 1. The van der Waals surface area contributed by atoms with Crippen LogP contribution in [-0.2, 0) is 4.74 Å². The van der Waals surface area contributed by atoms with Gasteiger partial charge in [0.25, 0.3) is 0 Å². The maximum absolute atomic E-state index is 11.1. The van der Waals surface area contributed by atoms with Crippen molar-refractivity contribution < 1.29 is 9.53 Å². The summed E-state index contributed by atoms with van der Waals surface area (Å²) in [6.45, 7) is 12.8. The number of amides is 1. The number of benzene rings is 1. The minimum atomic E-state index is -0.380. The molecule has 6 nitrogen and oxygen atoms in total. The Morgan fingerprint density at radius 2 is 2.36 bits per heavy atom. The maximum atomic E-state index is 11.1. The van der Waals surface area contributed by atoms with E-state index in [2.05, 4.69) is 37.9 Å². The molecule has 0 bridgehead atoms. The fourth-order valence-corrected chi connectivity index (χ4v) is 3.44. The largest absolute Gasteiger partial charge is 0.453 e. The highest BCUT2D eigenvalue weighted by atomic mass is 16.5. The van der Waals surface area contributed by atoms with Crippen molar-refractivity contribution in [3.8, 4) is 0 Å². The van der Waals surface area contributed by atoms with Gasteiger partial charge < -0.3 is 19.9 Å². The van der Waals surface area contributed by atoms with Crippen LogP contribution in [-0.4, -0.2) is 49.3 Å². The van der Waals surface area contributed by atoms with Gasteiger partial charge in [0.05, 0.1) is 13.7 Å². The molecule has 1 aromatic heterocycles. The molecule has 1 saturated carbocycles. The molecule has 2 aromatic rings. The van der Waals surface area contributed by atoms with Gasteiger partial charge >= 0.3 is 6.09 Å². The summed E-state index contributed by atoms with van der Waals surface area (Å²) < 4.78 is 4.59. The Balaban J connectivity index is 1.58.